The molecule has 10 nitrogen and oxygen atoms in total. The van der Waals surface area contributed by atoms with E-state index in [9.17, 15) is 18.0 Å². The number of amides is 2. The molecule has 0 saturated carbocycles. The van der Waals surface area contributed by atoms with E-state index in [0.29, 0.717) is 55.7 Å². The summed E-state index contributed by atoms with van der Waals surface area (Å²) >= 11 is 1.69. The summed E-state index contributed by atoms with van der Waals surface area (Å²) in [6, 6.07) is 15.5. The van der Waals surface area contributed by atoms with Crippen LogP contribution >= 0.6 is 11.8 Å². The Hall–Kier alpha value is -3.19. The minimum atomic E-state index is -3.65. The second-order valence-corrected chi connectivity index (χ2v) is 11.6. The number of carbonyl (C=O) groups is 2. The average Bonchev–Trinajstić information content (AvgIpc) is 3.51. The van der Waals surface area contributed by atoms with Gasteiger partial charge in [-0.2, -0.15) is 21.2 Å². The van der Waals surface area contributed by atoms with Gasteiger partial charge in [0.2, 0.25) is 15.9 Å². The predicted molar refractivity (Wildman–Crippen MR) is 139 cm³/mol. The number of rotatable bonds is 8. The number of hydrogen-bond donors (Lipinski definition) is 2. The maximum absolute atomic E-state index is 13.1. The minimum absolute atomic E-state index is 0.0309. The van der Waals surface area contributed by atoms with Crippen LogP contribution in [0.5, 0.6) is 0 Å². The first-order valence-electron chi connectivity index (χ1n) is 11.9. The average molecular weight is 542 g/mol. The van der Waals surface area contributed by atoms with Crippen LogP contribution in [-0.4, -0.2) is 60.6 Å². The molecule has 1 saturated heterocycles. The predicted octanol–water partition coefficient (Wildman–Crippen LogP) is 2.22. The normalized spacial score (nSPS) is 15.8. The number of morpholine rings is 1. The van der Waals surface area contributed by atoms with Crippen molar-refractivity contribution in [3.8, 4) is 0 Å². The lowest BCUT2D eigenvalue weighted by atomic mass is 10.2. The highest BCUT2D eigenvalue weighted by molar-refractivity contribution is 7.98. The van der Waals surface area contributed by atoms with Gasteiger partial charge in [0.15, 0.2) is 0 Å². The zero-order chi connectivity index (χ0) is 25.8. The monoisotopic (exact) mass is 541 g/mol. The molecule has 0 bridgehead atoms. The molecule has 0 aliphatic carbocycles. The Balaban J connectivity index is 1.28. The van der Waals surface area contributed by atoms with E-state index in [1.807, 2.05) is 30.3 Å². The smallest absolute Gasteiger partial charge is 0.256 e. The third-order valence-electron chi connectivity index (χ3n) is 6.20. The molecular weight excluding hydrogens is 514 g/mol. The highest BCUT2D eigenvalue weighted by atomic mass is 32.2. The second kappa shape index (κ2) is 11.1. The molecule has 1 aromatic heterocycles. The molecule has 194 valence electrons. The highest BCUT2D eigenvalue weighted by Gasteiger charge is 2.28. The number of ether oxygens (including phenoxy) is 1. The molecule has 37 heavy (non-hydrogen) atoms. The van der Waals surface area contributed by atoms with E-state index < -0.39 is 15.9 Å². The minimum Gasteiger partial charge on any atom is -0.379 e. The molecule has 2 aliphatic heterocycles. The number of nitrogens with one attached hydrogen (secondary N) is 2. The molecule has 0 atom stereocenters. The van der Waals surface area contributed by atoms with E-state index in [1.54, 1.807) is 11.8 Å². The van der Waals surface area contributed by atoms with Gasteiger partial charge in [0.1, 0.15) is 12.4 Å². The van der Waals surface area contributed by atoms with Crippen molar-refractivity contribution in [2.45, 2.75) is 29.5 Å². The topological polar surface area (TPSA) is 123 Å². The number of anilines is 1. The maximum atomic E-state index is 13.1. The van der Waals surface area contributed by atoms with Crippen LogP contribution < -0.4 is 10.6 Å². The van der Waals surface area contributed by atoms with E-state index in [-0.39, 0.29) is 17.3 Å². The van der Waals surface area contributed by atoms with Crippen LogP contribution in [0, 0.1) is 0 Å². The van der Waals surface area contributed by atoms with Gasteiger partial charge in [-0.15, -0.1) is 0 Å². The van der Waals surface area contributed by atoms with Crippen LogP contribution in [0.4, 0.5) is 5.82 Å². The summed E-state index contributed by atoms with van der Waals surface area (Å²) < 4.78 is 33.9. The van der Waals surface area contributed by atoms with Crippen molar-refractivity contribution >= 4 is 39.4 Å². The molecular formula is C25H27N5O5S2. The Kier molecular flexibility index (Phi) is 7.60. The Morgan fingerprint density at radius 2 is 1.73 bits per heavy atom. The molecule has 0 unspecified atom stereocenters. The highest BCUT2D eigenvalue weighted by Crippen LogP contribution is 2.35. The number of nitrogens with zero attached hydrogens (tertiary/aromatic N) is 3. The molecule has 5 rings (SSSR count). The zero-order valence-corrected chi connectivity index (χ0v) is 21.7. The van der Waals surface area contributed by atoms with Gasteiger partial charge < -0.3 is 15.4 Å². The van der Waals surface area contributed by atoms with Crippen molar-refractivity contribution in [3.05, 3.63) is 77.0 Å². The van der Waals surface area contributed by atoms with Gasteiger partial charge in [-0.1, -0.05) is 30.3 Å². The zero-order valence-electron chi connectivity index (χ0n) is 20.1. The van der Waals surface area contributed by atoms with Gasteiger partial charge in [-0.05, 0) is 29.8 Å². The van der Waals surface area contributed by atoms with Gasteiger partial charge in [0.25, 0.3) is 5.91 Å². The summed E-state index contributed by atoms with van der Waals surface area (Å²) in [5.41, 5.74) is 3.05. The lowest BCUT2D eigenvalue weighted by molar-refractivity contribution is -0.122. The quantitative estimate of drug-likeness (QED) is 0.448. The molecule has 2 aliphatic rings. The summed E-state index contributed by atoms with van der Waals surface area (Å²) in [5, 5.41) is 10.3. The first kappa shape index (κ1) is 25.5. The summed E-state index contributed by atoms with van der Waals surface area (Å²) in [6.45, 7) is 1.70. The van der Waals surface area contributed by atoms with Gasteiger partial charge >= 0.3 is 0 Å². The van der Waals surface area contributed by atoms with E-state index in [0.717, 1.165) is 16.8 Å². The van der Waals surface area contributed by atoms with Crippen molar-refractivity contribution in [2.24, 2.45) is 0 Å². The molecule has 1 fully saturated rings. The van der Waals surface area contributed by atoms with Gasteiger partial charge in [0, 0.05) is 42.3 Å². The first-order chi connectivity index (χ1) is 17.9. The van der Waals surface area contributed by atoms with E-state index in [4.69, 9.17) is 4.74 Å². The number of carbonyl (C=O) groups excluding carboxylic acids is 2. The Bertz CT molecular complexity index is 1380. The SMILES string of the molecule is O=C(Cn1nc2c(c1NC(=O)c1ccc(S(=O)(=O)N3CCOCC3)cc1)CSC2)NCc1ccccc1. The molecule has 0 spiro atoms. The van der Waals surface area contributed by atoms with Crippen LogP contribution in [0.2, 0.25) is 0 Å². The molecule has 2 N–H and O–H groups in total. The van der Waals surface area contributed by atoms with E-state index >= 15 is 0 Å². The Morgan fingerprint density at radius 1 is 1.00 bits per heavy atom. The van der Waals surface area contributed by atoms with Crippen LogP contribution in [-0.2, 0) is 44.1 Å². The molecule has 0 radical (unpaired) electrons. The molecule has 12 heteroatoms. The van der Waals surface area contributed by atoms with Crippen LogP contribution in [0.25, 0.3) is 0 Å². The fourth-order valence-corrected chi connectivity index (χ4v) is 6.65. The largest absolute Gasteiger partial charge is 0.379 e. The Labute approximate surface area is 219 Å². The van der Waals surface area contributed by atoms with Crippen LogP contribution in [0.3, 0.4) is 0 Å². The number of hydrogen-bond acceptors (Lipinski definition) is 7. The third-order valence-corrected chi connectivity index (χ3v) is 9.08. The van der Waals surface area contributed by atoms with Crippen molar-refractivity contribution < 1.29 is 22.7 Å². The molecule has 3 heterocycles. The number of thioether (sulfide) groups is 1. The van der Waals surface area contributed by atoms with Crippen molar-refractivity contribution in [1.82, 2.24) is 19.4 Å². The fraction of sp³-hybridized carbons (Fsp3) is 0.320. The maximum Gasteiger partial charge on any atom is 0.256 e. The summed E-state index contributed by atoms with van der Waals surface area (Å²) in [5.74, 6) is 1.27. The first-order valence-corrected chi connectivity index (χ1v) is 14.5. The Morgan fingerprint density at radius 3 is 2.46 bits per heavy atom. The van der Waals surface area contributed by atoms with Crippen LogP contribution in [0.1, 0.15) is 27.2 Å². The second-order valence-electron chi connectivity index (χ2n) is 8.68. The number of fused-ring (bicyclic) bond motifs is 1. The van der Waals surface area contributed by atoms with Gasteiger partial charge in [0.05, 0.1) is 23.8 Å². The number of benzene rings is 2. The van der Waals surface area contributed by atoms with Gasteiger partial charge in [-0.25, -0.2) is 13.1 Å². The van der Waals surface area contributed by atoms with Crippen molar-refractivity contribution in [1.29, 1.82) is 0 Å². The molecule has 2 aromatic carbocycles. The lowest BCUT2D eigenvalue weighted by Gasteiger charge is -2.26. The fourth-order valence-electron chi connectivity index (χ4n) is 4.20. The van der Waals surface area contributed by atoms with E-state index in [1.165, 1.54) is 33.3 Å². The lowest BCUT2D eigenvalue weighted by Crippen LogP contribution is -2.40. The molecule has 3 aromatic rings. The standard InChI is InChI=1S/C25H27N5O5S2/c31-23(26-14-18-4-2-1-3-5-18)15-30-24(21-16-36-17-22(21)28-30)27-25(32)19-6-8-20(9-7-19)37(33,34)29-10-12-35-13-11-29/h1-9H,10-17H2,(H,26,31)(H,27,32). The number of sulfonamides is 1. The van der Waals surface area contributed by atoms with Gasteiger partial charge in [-0.3, -0.25) is 9.59 Å². The van der Waals surface area contributed by atoms with Crippen molar-refractivity contribution in [2.75, 3.05) is 31.6 Å². The summed E-state index contributed by atoms with van der Waals surface area (Å²) in [4.78, 5) is 25.8. The summed E-state index contributed by atoms with van der Waals surface area (Å²) in [6.07, 6.45) is 0. The van der Waals surface area contributed by atoms with Crippen LogP contribution in [0.15, 0.2) is 59.5 Å². The third kappa shape index (κ3) is 5.72. The summed E-state index contributed by atoms with van der Waals surface area (Å²) in [7, 11) is -3.65. The van der Waals surface area contributed by atoms with E-state index in [2.05, 4.69) is 15.7 Å². The number of aromatic nitrogens is 2. The van der Waals surface area contributed by atoms with Crippen molar-refractivity contribution in [3.63, 3.8) is 0 Å². The molecule has 2 amide bonds.